The molecule has 2 nitrogen and oxygen atoms in total. The van der Waals surface area contributed by atoms with Crippen LogP contribution in [-0.2, 0) is 0 Å². The molecule has 0 saturated heterocycles. The lowest BCUT2D eigenvalue weighted by Gasteiger charge is -1.95. The maximum absolute atomic E-state index is 5.97. The highest BCUT2D eigenvalue weighted by Crippen LogP contribution is 2.19. The molecule has 2 rings (SSSR count). The molecule has 0 aromatic carbocycles. The minimum atomic E-state index is 0.653. The summed E-state index contributed by atoms with van der Waals surface area (Å²) in [5.41, 5.74) is 0.771. The summed E-state index contributed by atoms with van der Waals surface area (Å²) in [6, 6.07) is 9.43. The molecule has 0 unspecified atom stereocenters. The summed E-state index contributed by atoms with van der Waals surface area (Å²) in [5.74, 6) is 0. The van der Waals surface area contributed by atoms with Crippen LogP contribution in [0.3, 0.4) is 0 Å². The Morgan fingerprint density at radius 1 is 1.06 bits per heavy atom. The fraction of sp³-hybridized carbons (Fsp3) is 0. The van der Waals surface area contributed by atoms with Crippen molar-refractivity contribution in [2.45, 2.75) is 5.03 Å². The lowest BCUT2D eigenvalue weighted by atomic mass is 10.3. The number of hydrogen-bond donors (Lipinski definition) is 0. The van der Waals surface area contributed by atoms with Crippen LogP contribution in [0.4, 0.5) is 0 Å². The van der Waals surface area contributed by atoms with E-state index in [1.165, 1.54) is 11.8 Å². The maximum atomic E-state index is 5.97. The van der Waals surface area contributed by atoms with Gasteiger partial charge in [-0.1, -0.05) is 29.4 Å². The van der Waals surface area contributed by atoms with Crippen LogP contribution < -0.4 is 0 Å². The van der Waals surface area contributed by atoms with Crippen molar-refractivity contribution in [1.29, 1.82) is 0 Å². The maximum Gasteiger partial charge on any atom is 0.100 e. The molecule has 16 heavy (non-hydrogen) atoms. The highest BCUT2D eigenvalue weighted by atomic mass is 35.5. The van der Waals surface area contributed by atoms with E-state index in [2.05, 4.69) is 9.97 Å². The predicted octanol–water partition coefficient (Wildman–Crippen LogP) is 3.89. The Hall–Kier alpha value is -1.32. The van der Waals surface area contributed by atoms with E-state index in [1.54, 1.807) is 12.4 Å². The van der Waals surface area contributed by atoms with E-state index in [0.717, 1.165) is 10.7 Å². The number of halogens is 1. The predicted molar refractivity (Wildman–Crippen MR) is 68.4 cm³/mol. The molecule has 0 aliphatic rings. The summed E-state index contributed by atoms with van der Waals surface area (Å²) in [4.78, 5) is 8.35. The monoisotopic (exact) mass is 248 g/mol. The van der Waals surface area contributed by atoms with Crippen LogP contribution in [0.5, 0.6) is 0 Å². The van der Waals surface area contributed by atoms with Gasteiger partial charge in [-0.15, -0.1) is 0 Å². The molecule has 0 aliphatic heterocycles. The second-order valence-electron chi connectivity index (χ2n) is 2.96. The van der Waals surface area contributed by atoms with E-state index < -0.39 is 0 Å². The van der Waals surface area contributed by atoms with E-state index >= 15 is 0 Å². The first-order valence-electron chi connectivity index (χ1n) is 4.71. The molecule has 0 bridgehead atoms. The molecule has 0 radical (unpaired) electrons. The van der Waals surface area contributed by atoms with Gasteiger partial charge in [0.15, 0.2) is 0 Å². The van der Waals surface area contributed by atoms with E-state index in [1.807, 2.05) is 41.8 Å². The van der Waals surface area contributed by atoms with Gasteiger partial charge in [-0.05, 0) is 35.7 Å². The van der Waals surface area contributed by atoms with Crippen LogP contribution >= 0.6 is 23.4 Å². The fourth-order valence-electron chi connectivity index (χ4n) is 1.11. The molecule has 2 heterocycles. The molecule has 2 aromatic rings. The van der Waals surface area contributed by atoms with Crippen LogP contribution in [0, 0.1) is 0 Å². The number of thioether (sulfide) groups is 1. The van der Waals surface area contributed by atoms with E-state index in [4.69, 9.17) is 11.6 Å². The zero-order valence-electron chi connectivity index (χ0n) is 8.38. The van der Waals surface area contributed by atoms with Crippen LogP contribution in [-0.4, -0.2) is 9.97 Å². The van der Waals surface area contributed by atoms with Crippen molar-refractivity contribution in [1.82, 2.24) is 9.97 Å². The van der Waals surface area contributed by atoms with E-state index in [0.29, 0.717) is 5.02 Å². The molecule has 80 valence electrons. The molecule has 0 fully saturated rings. The largest absolute Gasteiger partial charge is 0.255 e. The van der Waals surface area contributed by atoms with Gasteiger partial charge in [0.05, 0.1) is 10.7 Å². The Balaban J connectivity index is 2.03. The first-order valence-corrected chi connectivity index (χ1v) is 5.97. The standard InChI is InChI=1S/C12H9ClN2S/c13-10-4-3-8-14-11(10)6-9-16-12-5-1-2-7-15-12/h1-9H/b9-6+. The molecule has 4 heteroatoms. The van der Waals surface area contributed by atoms with Crippen molar-refractivity contribution in [3.05, 3.63) is 58.9 Å². The van der Waals surface area contributed by atoms with Gasteiger partial charge in [0.1, 0.15) is 5.03 Å². The molecular formula is C12H9ClN2S. The normalized spacial score (nSPS) is 10.8. The van der Waals surface area contributed by atoms with Gasteiger partial charge >= 0.3 is 0 Å². The van der Waals surface area contributed by atoms with Crippen LogP contribution in [0.25, 0.3) is 6.08 Å². The zero-order chi connectivity index (χ0) is 11.2. The van der Waals surface area contributed by atoms with Gasteiger partial charge < -0.3 is 0 Å². The van der Waals surface area contributed by atoms with Crippen LogP contribution in [0.15, 0.2) is 53.2 Å². The number of aromatic nitrogens is 2. The van der Waals surface area contributed by atoms with Crippen molar-refractivity contribution in [2.75, 3.05) is 0 Å². The Morgan fingerprint density at radius 2 is 1.94 bits per heavy atom. The molecule has 0 atom stereocenters. The van der Waals surface area contributed by atoms with Crippen molar-refractivity contribution in [3.63, 3.8) is 0 Å². The van der Waals surface area contributed by atoms with Gasteiger partial charge in [-0.25, -0.2) is 4.98 Å². The topological polar surface area (TPSA) is 25.8 Å². The number of pyridine rings is 2. The van der Waals surface area contributed by atoms with Gasteiger partial charge in [-0.2, -0.15) is 0 Å². The molecule has 0 amide bonds. The first-order chi connectivity index (χ1) is 7.86. The third-order valence-electron chi connectivity index (χ3n) is 1.84. The lowest BCUT2D eigenvalue weighted by Crippen LogP contribution is -1.79. The molecular weight excluding hydrogens is 240 g/mol. The zero-order valence-corrected chi connectivity index (χ0v) is 9.95. The average Bonchev–Trinajstić information content (AvgIpc) is 2.33. The van der Waals surface area contributed by atoms with Gasteiger partial charge in [0, 0.05) is 12.4 Å². The van der Waals surface area contributed by atoms with Crippen molar-refractivity contribution >= 4 is 29.4 Å². The van der Waals surface area contributed by atoms with Crippen molar-refractivity contribution in [2.24, 2.45) is 0 Å². The first kappa shape index (κ1) is 11.2. The Kier molecular flexibility index (Phi) is 3.97. The summed E-state index contributed by atoms with van der Waals surface area (Å²) in [5, 5.41) is 3.53. The summed E-state index contributed by atoms with van der Waals surface area (Å²) in [6.07, 6.45) is 5.36. The smallest absolute Gasteiger partial charge is 0.100 e. The SMILES string of the molecule is Clc1cccnc1/C=C/Sc1ccccn1. The lowest BCUT2D eigenvalue weighted by molar-refractivity contribution is 1.14. The summed E-state index contributed by atoms with van der Waals surface area (Å²) >= 11 is 7.50. The quantitative estimate of drug-likeness (QED) is 0.771. The van der Waals surface area contributed by atoms with Gasteiger partial charge in [0.25, 0.3) is 0 Å². The highest BCUT2D eigenvalue weighted by Gasteiger charge is 1.95. The number of hydrogen-bond acceptors (Lipinski definition) is 3. The van der Waals surface area contributed by atoms with Gasteiger partial charge in [-0.3, -0.25) is 4.98 Å². The summed E-state index contributed by atoms with van der Waals surface area (Å²) in [6.45, 7) is 0. The molecule has 0 saturated carbocycles. The fourth-order valence-corrected chi connectivity index (χ4v) is 1.91. The number of rotatable bonds is 3. The highest BCUT2D eigenvalue weighted by molar-refractivity contribution is 8.02. The number of nitrogens with zero attached hydrogens (tertiary/aromatic N) is 2. The van der Waals surface area contributed by atoms with Crippen LogP contribution in [0.1, 0.15) is 5.69 Å². The van der Waals surface area contributed by atoms with Crippen LogP contribution in [0.2, 0.25) is 5.02 Å². The second-order valence-corrected chi connectivity index (χ2v) is 4.29. The average molecular weight is 249 g/mol. The third-order valence-corrected chi connectivity index (χ3v) is 2.91. The van der Waals surface area contributed by atoms with Crippen molar-refractivity contribution < 1.29 is 0 Å². The molecule has 0 aliphatic carbocycles. The Labute approximate surface area is 103 Å². The summed E-state index contributed by atoms with van der Waals surface area (Å²) in [7, 11) is 0. The molecule has 0 N–H and O–H groups in total. The Bertz CT molecular complexity index is 485. The molecule has 0 spiro atoms. The second kappa shape index (κ2) is 5.68. The van der Waals surface area contributed by atoms with E-state index in [9.17, 15) is 0 Å². The van der Waals surface area contributed by atoms with Gasteiger partial charge in [0.2, 0.25) is 0 Å². The minimum Gasteiger partial charge on any atom is -0.255 e. The van der Waals surface area contributed by atoms with Crippen molar-refractivity contribution in [3.8, 4) is 0 Å². The summed E-state index contributed by atoms with van der Waals surface area (Å²) < 4.78 is 0. The minimum absolute atomic E-state index is 0.653. The molecule has 2 aromatic heterocycles. The third kappa shape index (κ3) is 3.08. The Morgan fingerprint density at radius 3 is 2.69 bits per heavy atom. The van der Waals surface area contributed by atoms with E-state index in [-0.39, 0.29) is 0 Å².